The average Bonchev–Trinajstić information content (AvgIpc) is 2.23. The first kappa shape index (κ1) is 9.66. The van der Waals surface area contributed by atoms with E-state index in [0.717, 1.165) is 6.42 Å². The zero-order chi connectivity index (χ0) is 9.80. The van der Waals surface area contributed by atoms with E-state index in [2.05, 4.69) is 29.1 Å². The number of hydrogen-bond donors (Lipinski definition) is 0. The van der Waals surface area contributed by atoms with E-state index in [1.54, 1.807) is 0 Å². The highest BCUT2D eigenvalue weighted by molar-refractivity contribution is 5.05. The molecule has 0 spiro atoms. The molecule has 14 heavy (non-hydrogen) atoms. The van der Waals surface area contributed by atoms with Crippen LogP contribution in [0, 0.1) is 0 Å². The molecule has 1 unspecified atom stereocenters. The van der Waals surface area contributed by atoms with Gasteiger partial charge < -0.3 is 4.90 Å². The normalized spacial score (nSPS) is 23.6. The van der Waals surface area contributed by atoms with Gasteiger partial charge in [-0.2, -0.15) is 0 Å². The number of rotatable bonds is 2. The van der Waals surface area contributed by atoms with Gasteiger partial charge in [0.1, 0.15) is 0 Å². The Morgan fingerprint density at radius 2 is 2.36 bits per heavy atom. The van der Waals surface area contributed by atoms with Gasteiger partial charge in [-0.1, -0.05) is 12.5 Å². The van der Waals surface area contributed by atoms with Crippen molar-refractivity contribution in [3.63, 3.8) is 0 Å². The van der Waals surface area contributed by atoms with Crippen molar-refractivity contribution in [1.29, 1.82) is 0 Å². The fourth-order valence-corrected chi connectivity index (χ4v) is 2.16. The molecule has 1 saturated heterocycles. The van der Waals surface area contributed by atoms with Crippen LogP contribution in [0.1, 0.15) is 25.0 Å². The number of likely N-dealkylation sites (tertiary alicyclic amines) is 1. The molecule has 2 rings (SSSR count). The van der Waals surface area contributed by atoms with Gasteiger partial charge in [-0.25, -0.2) is 0 Å². The van der Waals surface area contributed by atoms with Crippen LogP contribution in [0.5, 0.6) is 0 Å². The minimum Gasteiger partial charge on any atom is -0.303 e. The topological polar surface area (TPSA) is 16.1 Å². The number of aromatic nitrogens is 1. The molecule has 0 N–H and O–H groups in total. The molecular weight excluding hydrogens is 172 g/mol. The summed E-state index contributed by atoms with van der Waals surface area (Å²) in [6, 6.07) is 6.89. The second kappa shape index (κ2) is 4.56. The molecular formula is C12H18N2. The Morgan fingerprint density at radius 1 is 1.43 bits per heavy atom. The van der Waals surface area contributed by atoms with Gasteiger partial charge in [0.15, 0.2) is 0 Å². The molecule has 2 heteroatoms. The monoisotopic (exact) mass is 190 g/mol. The molecule has 0 bridgehead atoms. The number of nitrogens with zero attached hydrogens (tertiary/aromatic N) is 2. The average molecular weight is 190 g/mol. The van der Waals surface area contributed by atoms with Crippen LogP contribution in [-0.2, 0) is 6.42 Å². The molecule has 2 nitrogen and oxygen atoms in total. The van der Waals surface area contributed by atoms with Gasteiger partial charge in [-0.05, 0) is 38.6 Å². The van der Waals surface area contributed by atoms with E-state index in [-0.39, 0.29) is 0 Å². The van der Waals surface area contributed by atoms with E-state index >= 15 is 0 Å². The van der Waals surface area contributed by atoms with E-state index in [1.165, 1.54) is 31.5 Å². The Bertz CT molecular complexity index is 271. The van der Waals surface area contributed by atoms with Crippen LogP contribution in [0.3, 0.4) is 0 Å². The zero-order valence-electron chi connectivity index (χ0n) is 8.82. The summed E-state index contributed by atoms with van der Waals surface area (Å²) >= 11 is 0. The van der Waals surface area contributed by atoms with Gasteiger partial charge in [-0.3, -0.25) is 4.98 Å². The maximum atomic E-state index is 4.38. The maximum Gasteiger partial charge on any atom is 0.0419 e. The van der Waals surface area contributed by atoms with Crippen molar-refractivity contribution in [2.75, 3.05) is 13.6 Å². The Kier molecular flexibility index (Phi) is 3.14. The second-order valence-electron chi connectivity index (χ2n) is 4.16. The lowest BCUT2D eigenvalue weighted by molar-refractivity contribution is 0.183. The summed E-state index contributed by atoms with van der Waals surface area (Å²) in [5.41, 5.74) is 1.23. The molecule has 1 aliphatic heterocycles. The molecule has 0 amide bonds. The molecule has 1 atom stereocenters. The summed E-state index contributed by atoms with van der Waals surface area (Å²) in [5.74, 6) is 0. The zero-order valence-corrected chi connectivity index (χ0v) is 8.82. The van der Waals surface area contributed by atoms with Gasteiger partial charge in [0.05, 0.1) is 0 Å². The van der Waals surface area contributed by atoms with E-state index in [1.807, 2.05) is 12.3 Å². The van der Waals surface area contributed by atoms with Gasteiger partial charge in [0.2, 0.25) is 0 Å². The standard InChI is InChI=1S/C12H18N2/c1-14-9-5-3-7-12(14)10-11-6-2-4-8-13-11/h2,4,6,8,12H,3,5,7,9-10H2,1H3. The maximum absolute atomic E-state index is 4.38. The quantitative estimate of drug-likeness (QED) is 0.710. The molecule has 0 radical (unpaired) electrons. The highest BCUT2D eigenvalue weighted by Gasteiger charge is 2.19. The molecule has 0 aromatic carbocycles. The van der Waals surface area contributed by atoms with Crippen molar-refractivity contribution in [2.24, 2.45) is 0 Å². The Labute approximate surface area is 86.0 Å². The van der Waals surface area contributed by atoms with Crippen molar-refractivity contribution in [2.45, 2.75) is 31.7 Å². The van der Waals surface area contributed by atoms with Crippen LogP contribution in [0.25, 0.3) is 0 Å². The van der Waals surface area contributed by atoms with Gasteiger partial charge in [0.25, 0.3) is 0 Å². The Balaban J connectivity index is 1.96. The second-order valence-corrected chi connectivity index (χ2v) is 4.16. The predicted octanol–water partition coefficient (Wildman–Crippen LogP) is 2.11. The number of hydrogen-bond acceptors (Lipinski definition) is 2. The lowest BCUT2D eigenvalue weighted by atomic mass is 9.98. The van der Waals surface area contributed by atoms with Crippen LogP contribution in [0.2, 0.25) is 0 Å². The highest BCUT2D eigenvalue weighted by atomic mass is 15.1. The van der Waals surface area contributed by atoms with E-state index in [9.17, 15) is 0 Å². The molecule has 0 saturated carbocycles. The highest BCUT2D eigenvalue weighted by Crippen LogP contribution is 2.17. The van der Waals surface area contributed by atoms with E-state index in [4.69, 9.17) is 0 Å². The molecule has 1 aromatic rings. The third-order valence-electron chi connectivity index (χ3n) is 3.09. The third-order valence-corrected chi connectivity index (χ3v) is 3.09. The SMILES string of the molecule is CN1CCCCC1Cc1ccccn1. The van der Waals surface area contributed by atoms with Crippen LogP contribution >= 0.6 is 0 Å². The minimum absolute atomic E-state index is 0.707. The minimum atomic E-state index is 0.707. The first-order chi connectivity index (χ1) is 6.86. The first-order valence-corrected chi connectivity index (χ1v) is 5.46. The van der Waals surface area contributed by atoms with Gasteiger partial charge in [-0.15, -0.1) is 0 Å². The fraction of sp³-hybridized carbons (Fsp3) is 0.583. The predicted molar refractivity (Wildman–Crippen MR) is 58.2 cm³/mol. The summed E-state index contributed by atoms with van der Waals surface area (Å²) in [5, 5.41) is 0. The summed E-state index contributed by atoms with van der Waals surface area (Å²) in [6.45, 7) is 1.25. The molecule has 76 valence electrons. The smallest absolute Gasteiger partial charge is 0.0419 e. The van der Waals surface area contributed by atoms with E-state index < -0.39 is 0 Å². The molecule has 0 aliphatic carbocycles. The van der Waals surface area contributed by atoms with Crippen LogP contribution in [0.4, 0.5) is 0 Å². The van der Waals surface area contributed by atoms with Crippen molar-refractivity contribution in [1.82, 2.24) is 9.88 Å². The largest absolute Gasteiger partial charge is 0.303 e. The third kappa shape index (κ3) is 2.32. The number of piperidine rings is 1. The Hall–Kier alpha value is -0.890. The molecule has 1 aromatic heterocycles. The van der Waals surface area contributed by atoms with E-state index in [0.29, 0.717) is 6.04 Å². The molecule has 1 aliphatic rings. The summed E-state index contributed by atoms with van der Waals surface area (Å²) in [4.78, 5) is 6.85. The van der Waals surface area contributed by atoms with Crippen molar-refractivity contribution in [3.05, 3.63) is 30.1 Å². The number of pyridine rings is 1. The first-order valence-electron chi connectivity index (χ1n) is 5.46. The lowest BCUT2D eigenvalue weighted by Gasteiger charge is -2.32. The van der Waals surface area contributed by atoms with Crippen LogP contribution in [0.15, 0.2) is 24.4 Å². The van der Waals surface area contributed by atoms with Crippen molar-refractivity contribution >= 4 is 0 Å². The van der Waals surface area contributed by atoms with Gasteiger partial charge >= 0.3 is 0 Å². The van der Waals surface area contributed by atoms with Gasteiger partial charge in [0, 0.05) is 24.4 Å². The van der Waals surface area contributed by atoms with Crippen LogP contribution in [-0.4, -0.2) is 29.5 Å². The molecule has 2 heterocycles. The lowest BCUT2D eigenvalue weighted by Crippen LogP contribution is -2.37. The summed E-state index contributed by atoms with van der Waals surface area (Å²) < 4.78 is 0. The van der Waals surface area contributed by atoms with Crippen molar-refractivity contribution in [3.8, 4) is 0 Å². The molecule has 1 fully saturated rings. The summed E-state index contributed by atoms with van der Waals surface area (Å²) in [7, 11) is 2.23. The fourth-order valence-electron chi connectivity index (χ4n) is 2.16. The van der Waals surface area contributed by atoms with Crippen LogP contribution < -0.4 is 0 Å². The van der Waals surface area contributed by atoms with Crippen molar-refractivity contribution < 1.29 is 0 Å². The summed E-state index contributed by atoms with van der Waals surface area (Å²) in [6.07, 6.45) is 7.06. The Morgan fingerprint density at radius 3 is 3.07 bits per heavy atom. The number of likely N-dealkylation sites (N-methyl/N-ethyl adjacent to an activating group) is 1.